The minimum absolute atomic E-state index is 0. The van der Waals surface area contributed by atoms with Gasteiger partial charge in [0, 0.05) is 12.1 Å². The van der Waals surface area contributed by atoms with Gasteiger partial charge in [-0.3, -0.25) is 15.2 Å². The summed E-state index contributed by atoms with van der Waals surface area (Å²) >= 11 is 0. The Morgan fingerprint density at radius 2 is 2.11 bits per heavy atom. The summed E-state index contributed by atoms with van der Waals surface area (Å²) < 4.78 is 0. The summed E-state index contributed by atoms with van der Waals surface area (Å²) in [5, 5.41) is 1.67. The number of Topliss-reactive ketones (excluding diaryl/α,β-unsaturated/α-hetero) is 1. The molecule has 1 aliphatic heterocycles. The summed E-state index contributed by atoms with van der Waals surface area (Å²) in [4.78, 5) is 22.8. The third-order valence-corrected chi connectivity index (χ3v) is 3.02. The Kier molecular flexibility index (Phi) is 6.29. The molecule has 1 N–H and O–H groups in total. The average Bonchev–Trinajstić information content (AvgIpc) is 2.71. The molecule has 1 heterocycles. The maximum absolute atomic E-state index is 12.0. The Bertz CT molecular complexity index is 411. The van der Waals surface area contributed by atoms with Crippen LogP contribution in [-0.2, 0) is 37.5 Å². The van der Waals surface area contributed by atoms with Crippen LogP contribution in [-0.4, -0.2) is 36.2 Å². The van der Waals surface area contributed by atoms with Crippen LogP contribution in [0.1, 0.15) is 17.3 Å². The second-order valence-electron chi connectivity index (χ2n) is 4.32. The minimum atomic E-state index is -0.331. The van der Waals surface area contributed by atoms with Crippen LogP contribution in [0.15, 0.2) is 30.3 Å². The molecule has 0 spiro atoms. The molecule has 0 aliphatic carbocycles. The van der Waals surface area contributed by atoms with E-state index in [1.807, 2.05) is 31.4 Å². The number of carbonyl (C=O) groups excluding carboxylic acids is 2. The maximum atomic E-state index is 12.0. The van der Waals surface area contributed by atoms with E-state index < -0.39 is 0 Å². The van der Waals surface area contributed by atoms with Crippen molar-refractivity contribution in [3.8, 4) is 0 Å². The molecule has 1 aromatic carbocycles. The quantitative estimate of drug-likeness (QED) is 0.659. The average molecular weight is 320 g/mol. The smallest absolute Gasteiger partial charge is 0.540 e. The van der Waals surface area contributed by atoms with Gasteiger partial charge in [0.25, 0.3) is 0 Å². The molecular formula is C13H15N2O2Y+2. The molecule has 4 nitrogen and oxygen atoms in total. The minimum Gasteiger partial charge on any atom is -0.540 e. The molecular weight excluding hydrogens is 305 g/mol. The first kappa shape index (κ1) is 15.6. The van der Waals surface area contributed by atoms with Gasteiger partial charge >= 0.3 is 32.7 Å². The van der Waals surface area contributed by atoms with Crippen molar-refractivity contribution in [1.82, 2.24) is 10.4 Å². The zero-order chi connectivity index (χ0) is 12.3. The van der Waals surface area contributed by atoms with Gasteiger partial charge in [0.1, 0.15) is 0 Å². The molecule has 0 amide bonds. The molecule has 1 fully saturated rings. The summed E-state index contributed by atoms with van der Waals surface area (Å²) in [6.07, 6.45) is 1.98. The Labute approximate surface area is 132 Å². The van der Waals surface area contributed by atoms with Crippen LogP contribution in [0, 0.1) is 5.92 Å². The third kappa shape index (κ3) is 3.54. The Morgan fingerprint density at radius 1 is 1.44 bits per heavy atom. The second-order valence-corrected chi connectivity index (χ2v) is 4.32. The largest absolute Gasteiger partial charge is 3.00 e. The van der Waals surface area contributed by atoms with Crippen molar-refractivity contribution >= 4 is 12.1 Å². The van der Waals surface area contributed by atoms with E-state index >= 15 is 0 Å². The predicted molar refractivity (Wildman–Crippen MR) is 64.1 cm³/mol. The van der Waals surface area contributed by atoms with E-state index in [2.05, 4.69) is 5.43 Å². The number of rotatable bonds is 4. The van der Waals surface area contributed by atoms with Gasteiger partial charge in [0.2, 0.25) is 0 Å². The molecule has 2 atom stereocenters. The number of hydrazine groups is 1. The second kappa shape index (κ2) is 7.24. The molecule has 2 rings (SSSR count). The van der Waals surface area contributed by atoms with Crippen molar-refractivity contribution in [3.05, 3.63) is 35.9 Å². The molecule has 90 valence electrons. The molecule has 0 saturated carbocycles. The Hall–Kier alpha value is -0.416. The SMILES string of the molecule is CC1CNN(CC(=O)c2ccccc2)C1[C-]=O.[Y+3]. The normalized spacial score (nSPS) is 23.4. The number of nitrogens with one attached hydrogen (secondary N) is 1. The van der Waals surface area contributed by atoms with Crippen LogP contribution >= 0.6 is 0 Å². The first-order valence-corrected chi connectivity index (χ1v) is 5.68. The maximum Gasteiger partial charge on any atom is 3.00 e. The molecule has 1 aromatic rings. The van der Waals surface area contributed by atoms with E-state index in [9.17, 15) is 9.59 Å². The van der Waals surface area contributed by atoms with Crippen molar-refractivity contribution in [1.29, 1.82) is 0 Å². The molecule has 18 heavy (non-hydrogen) atoms. The molecule has 1 saturated heterocycles. The van der Waals surface area contributed by atoms with Crippen LogP contribution in [0.25, 0.3) is 0 Å². The standard InChI is InChI=1S/C13H15N2O2.Y/c1-10-7-14-15(12(10)9-16)8-13(17)11-5-3-2-4-6-11;/h2-6,10,12,14H,7-8H2,1H3;/q-1;+3. The first-order chi connectivity index (χ1) is 8.22. The third-order valence-electron chi connectivity index (χ3n) is 3.02. The van der Waals surface area contributed by atoms with E-state index in [4.69, 9.17) is 0 Å². The molecule has 0 radical (unpaired) electrons. The van der Waals surface area contributed by atoms with Gasteiger partial charge in [-0.1, -0.05) is 43.3 Å². The van der Waals surface area contributed by atoms with E-state index in [1.165, 1.54) is 0 Å². The van der Waals surface area contributed by atoms with Crippen molar-refractivity contribution in [3.63, 3.8) is 0 Å². The van der Waals surface area contributed by atoms with Gasteiger partial charge in [0.15, 0.2) is 5.78 Å². The van der Waals surface area contributed by atoms with Crippen LogP contribution in [0.5, 0.6) is 0 Å². The van der Waals surface area contributed by atoms with Crippen LogP contribution < -0.4 is 5.43 Å². The van der Waals surface area contributed by atoms with Crippen molar-refractivity contribution in [2.75, 3.05) is 13.1 Å². The molecule has 0 aromatic heterocycles. The van der Waals surface area contributed by atoms with E-state index in [0.717, 1.165) is 0 Å². The molecule has 2 unspecified atom stereocenters. The summed E-state index contributed by atoms with van der Waals surface area (Å²) in [6, 6.07) is 8.76. The van der Waals surface area contributed by atoms with Gasteiger partial charge in [-0.25, -0.2) is 6.29 Å². The summed E-state index contributed by atoms with van der Waals surface area (Å²) in [7, 11) is 0. The molecule has 0 bridgehead atoms. The topological polar surface area (TPSA) is 49.4 Å². The summed E-state index contributed by atoms with van der Waals surface area (Å²) in [6.45, 7) is 2.88. The zero-order valence-corrected chi connectivity index (χ0v) is 13.1. The zero-order valence-electron chi connectivity index (χ0n) is 10.3. The van der Waals surface area contributed by atoms with Gasteiger partial charge < -0.3 is 4.79 Å². The van der Waals surface area contributed by atoms with E-state index in [0.29, 0.717) is 12.1 Å². The van der Waals surface area contributed by atoms with Crippen molar-refractivity contribution in [2.24, 2.45) is 5.92 Å². The number of hydrogen-bond acceptors (Lipinski definition) is 4. The number of benzene rings is 1. The summed E-state index contributed by atoms with van der Waals surface area (Å²) in [5.41, 5.74) is 3.72. The Balaban J connectivity index is 0.00000162. The molecule has 5 heteroatoms. The Morgan fingerprint density at radius 3 is 2.72 bits per heavy atom. The fourth-order valence-corrected chi connectivity index (χ4v) is 1.98. The first-order valence-electron chi connectivity index (χ1n) is 5.68. The number of hydrogen-bond donors (Lipinski definition) is 1. The van der Waals surface area contributed by atoms with Crippen molar-refractivity contribution in [2.45, 2.75) is 13.0 Å². The van der Waals surface area contributed by atoms with Gasteiger partial charge in [-0.2, -0.15) is 0 Å². The number of carbonyl (C=O) groups is 1. The van der Waals surface area contributed by atoms with Gasteiger partial charge in [-0.05, 0) is 5.92 Å². The number of nitrogens with zero attached hydrogens (tertiary/aromatic N) is 1. The number of ketones is 1. The summed E-state index contributed by atoms with van der Waals surface area (Å²) in [5.74, 6) is 0.198. The van der Waals surface area contributed by atoms with E-state index in [1.54, 1.807) is 17.1 Å². The predicted octanol–water partition coefficient (Wildman–Crippen LogP) is 0.801. The van der Waals surface area contributed by atoms with Gasteiger partial charge in [-0.15, -0.1) is 0 Å². The van der Waals surface area contributed by atoms with Gasteiger partial charge in [0.05, 0.1) is 6.54 Å². The fourth-order valence-electron chi connectivity index (χ4n) is 1.98. The monoisotopic (exact) mass is 320 g/mol. The molecule has 1 aliphatic rings. The van der Waals surface area contributed by atoms with Crippen LogP contribution in [0.2, 0.25) is 0 Å². The van der Waals surface area contributed by atoms with Crippen LogP contribution in [0.3, 0.4) is 0 Å². The van der Waals surface area contributed by atoms with Crippen LogP contribution in [0.4, 0.5) is 0 Å². The van der Waals surface area contributed by atoms with Crippen molar-refractivity contribution < 1.29 is 42.3 Å². The van der Waals surface area contributed by atoms with E-state index in [-0.39, 0.29) is 57.0 Å². The fraction of sp³-hybridized carbons (Fsp3) is 0.385.